The van der Waals surface area contributed by atoms with Crippen molar-refractivity contribution in [2.24, 2.45) is 11.0 Å². The molecule has 0 aliphatic carbocycles. The van der Waals surface area contributed by atoms with Crippen LogP contribution in [0.25, 0.3) is 21.9 Å². The normalized spacial score (nSPS) is 12.8. The SMILES string of the molecule is Cc1[nH]c2ccccc2c1/C=N\NC(=O)[C@@H](C)Cn1cnc2ccccc21. The number of imidazole rings is 1. The standard InChI is InChI=1S/C21H21N5O/c1-14(12-26-13-22-19-9-5-6-10-20(19)26)21(27)25-23-11-17-15(2)24-18-8-4-3-7-16(17)18/h3-11,13-14,24H,12H2,1-2H3,(H,25,27)/b23-11-/t14-/m0/s1. The number of aryl methyl sites for hydroxylation is 1. The molecule has 2 N–H and O–H groups in total. The van der Waals surface area contributed by atoms with Crippen LogP contribution in [0.3, 0.4) is 0 Å². The maximum Gasteiger partial charge on any atom is 0.244 e. The molecule has 6 heteroatoms. The lowest BCUT2D eigenvalue weighted by molar-refractivity contribution is -0.124. The van der Waals surface area contributed by atoms with Gasteiger partial charge in [0.2, 0.25) is 5.91 Å². The van der Waals surface area contributed by atoms with Gasteiger partial charge in [-0.05, 0) is 25.1 Å². The minimum atomic E-state index is -0.233. The molecule has 0 aliphatic rings. The lowest BCUT2D eigenvalue weighted by Crippen LogP contribution is -2.28. The molecule has 0 spiro atoms. The van der Waals surface area contributed by atoms with Crippen molar-refractivity contribution in [1.29, 1.82) is 0 Å². The van der Waals surface area contributed by atoms with Crippen molar-refractivity contribution in [2.45, 2.75) is 20.4 Å². The summed E-state index contributed by atoms with van der Waals surface area (Å²) >= 11 is 0. The molecule has 2 heterocycles. The molecule has 2 aromatic carbocycles. The minimum Gasteiger partial charge on any atom is -0.358 e. The van der Waals surface area contributed by atoms with Crippen LogP contribution in [-0.4, -0.2) is 26.7 Å². The molecule has 1 atom stereocenters. The molecule has 0 bridgehead atoms. The van der Waals surface area contributed by atoms with Crippen LogP contribution in [-0.2, 0) is 11.3 Å². The number of hydrazone groups is 1. The van der Waals surface area contributed by atoms with Crippen LogP contribution in [0.2, 0.25) is 0 Å². The van der Waals surface area contributed by atoms with Crippen molar-refractivity contribution in [2.75, 3.05) is 0 Å². The van der Waals surface area contributed by atoms with Crippen molar-refractivity contribution in [3.05, 3.63) is 66.1 Å². The highest BCUT2D eigenvalue weighted by Crippen LogP contribution is 2.20. The number of benzene rings is 2. The Morgan fingerprint density at radius 1 is 1.26 bits per heavy atom. The second-order valence-corrected chi connectivity index (χ2v) is 6.73. The third-order valence-corrected chi connectivity index (χ3v) is 4.76. The quantitative estimate of drug-likeness (QED) is 0.422. The van der Waals surface area contributed by atoms with Gasteiger partial charge in [0.1, 0.15) is 0 Å². The molecule has 4 rings (SSSR count). The Kier molecular flexibility index (Phi) is 4.46. The van der Waals surface area contributed by atoms with Crippen molar-refractivity contribution < 1.29 is 4.79 Å². The van der Waals surface area contributed by atoms with E-state index in [1.165, 1.54) is 0 Å². The summed E-state index contributed by atoms with van der Waals surface area (Å²) < 4.78 is 1.99. The summed E-state index contributed by atoms with van der Waals surface area (Å²) in [6.45, 7) is 4.43. The van der Waals surface area contributed by atoms with Crippen LogP contribution in [0.5, 0.6) is 0 Å². The van der Waals surface area contributed by atoms with Crippen molar-refractivity contribution in [3.8, 4) is 0 Å². The van der Waals surface area contributed by atoms with Gasteiger partial charge in [-0.15, -0.1) is 0 Å². The number of carbonyl (C=O) groups excluding carboxylic acids is 1. The van der Waals surface area contributed by atoms with Crippen LogP contribution in [0.1, 0.15) is 18.2 Å². The van der Waals surface area contributed by atoms with E-state index in [1.54, 1.807) is 12.5 Å². The number of hydrogen-bond acceptors (Lipinski definition) is 3. The highest BCUT2D eigenvalue weighted by Gasteiger charge is 2.14. The first-order chi connectivity index (χ1) is 13.1. The smallest absolute Gasteiger partial charge is 0.244 e. The van der Waals surface area contributed by atoms with Gasteiger partial charge >= 0.3 is 0 Å². The molecule has 27 heavy (non-hydrogen) atoms. The molecular weight excluding hydrogens is 338 g/mol. The fourth-order valence-corrected chi connectivity index (χ4v) is 3.27. The van der Waals surface area contributed by atoms with E-state index in [9.17, 15) is 4.79 Å². The van der Waals surface area contributed by atoms with Gasteiger partial charge in [-0.1, -0.05) is 37.3 Å². The van der Waals surface area contributed by atoms with Gasteiger partial charge in [0.05, 0.1) is 29.5 Å². The van der Waals surface area contributed by atoms with Crippen LogP contribution in [0, 0.1) is 12.8 Å². The van der Waals surface area contributed by atoms with E-state index < -0.39 is 0 Å². The molecule has 0 unspecified atom stereocenters. The zero-order valence-electron chi connectivity index (χ0n) is 15.3. The number of amides is 1. The summed E-state index contributed by atoms with van der Waals surface area (Å²) in [6.07, 6.45) is 3.47. The number of aromatic amines is 1. The summed E-state index contributed by atoms with van der Waals surface area (Å²) in [6, 6.07) is 15.9. The first-order valence-electron chi connectivity index (χ1n) is 8.93. The molecule has 1 amide bonds. The molecule has 0 radical (unpaired) electrons. The van der Waals surface area contributed by atoms with E-state index in [-0.39, 0.29) is 11.8 Å². The summed E-state index contributed by atoms with van der Waals surface area (Å²) in [4.78, 5) is 20.1. The topological polar surface area (TPSA) is 75.1 Å². The zero-order valence-corrected chi connectivity index (χ0v) is 15.3. The lowest BCUT2D eigenvalue weighted by atomic mass is 10.1. The second-order valence-electron chi connectivity index (χ2n) is 6.73. The molecule has 0 saturated carbocycles. The lowest BCUT2D eigenvalue weighted by Gasteiger charge is -2.11. The van der Waals surface area contributed by atoms with E-state index in [4.69, 9.17) is 0 Å². The summed E-state index contributed by atoms with van der Waals surface area (Å²) in [5.74, 6) is -0.356. The Hall–Kier alpha value is -3.41. The Morgan fingerprint density at radius 3 is 2.93 bits per heavy atom. The molecule has 2 aromatic heterocycles. The summed E-state index contributed by atoms with van der Waals surface area (Å²) in [5.41, 5.74) is 7.67. The van der Waals surface area contributed by atoms with E-state index in [0.29, 0.717) is 6.54 Å². The third-order valence-electron chi connectivity index (χ3n) is 4.76. The maximum atomic E-state index is 12.4. The van der Waals surface area contributed by atoms with E-state index in [0.717, 1.165) is 33.2 Å². The Morgan fingerprint density at radius 2 is 2.04 bits per heavy atom. The van der Waals surface area contributed by atoms with Gasteiger partial charge in [0.25, 0.3) is 0 Å². The van der Waals surface area contributed by atoms with Crippen LogP contribution in [0.15, 0.2) is 60.0 Å². The van der Waals surface area contributed by atoms with Gasteiger partial charge in [-0.25, -0.2) is 10.4 Å². The average Bonchev–Trinajstić information content (AvgIpc) is 3.22. The number of aromatic nitrogens is 3. The molecule has 0 fully saturated rings. The number of para-hydroxylation sites is 3. The second kappa shape index (κ2) is 7.07. The van der Waals surface area contributed by atoms with Crippen molar-refractivity contribution >= 4 is 34.1 Å². The van der Waals surface area contributed by atoms with E-state index in [2.05, 4.69) is 20.5 Å². The number of fused-ring (bicyclic) bond motifs is 2. The predicted octanol–water partition coefficient (Wildman–Crippen LogP) is 3.61. The van der Waals surface area contributed by atoms with Crippen LogP contribution in [0.4, 0.5) is 0 Å². The Balaban J connectivity index is 1.44. The van der Waals surface area contributed by atoms with E-state index in [1.807, 2.05) is 66.9 Å². The number of nitrogens with zero attached hydrogens (tertiary/aromatic N) is 3. The monoisotopic (exact) mass is 359 g/mol. The van der Waals surface area contributed by atoms with Gasteiger partial charge < -0.3 is 9.55 Å². The predicted molar refractivity (Wildman–Crippen MR) is 108 cm³/mol. The molecule has 136 valence electrons. The first-order valence-corrected chi connectivity index (χ1v) is 8.93. The molecule has 0 aliphatic heterocycles. The summed E-state index contributed by atoms with van der Waals surface area (Å²) in [7, 11) is 0. The minimum absolute atomic E-state index is 0.124. The molecule has 0 saturated heterocycles. The van der Waals surface area contributed by atoms with E-state index >= 15 is 0 Å². The Labute approximate surface area is 156 Å². The van der Waals surface area contributed by atoms with Crippen LogP contribution < -0.4 is 5.43 Å². The van der Waals surface area contributed by atoms with Gasteiger partial charge in [0, 0.05) is 28.7 Å². The van der Waals surface area contributed by atoms with Gasteiger partial charge in [-0.2, -0.15) is 5.10 Å². The van der Waals surface area contributed by atoms with Crippen molar-refractivity contribution in [1.82, 2.24) is 20.0 Å². The number of nitrogens with one attached hydrogen (secondary N) is 2. The van der Waals surface area contributed by atoms with Crippen molar-refractivity contribution in [3.63, 3.8) is 0 Å². The van der Waals surface area contributed by atoms with Gasteiger partial charge in [0.15, 0.2) is 0 Å². The molecule has 6 nitrogen and oxygen atoms in total. The highest BCUT2D eigenvalue weighted by molar-refractivity contribution is 6.00. The average molecular weight is 359 g/mol. The molecular formula is C21H21N5O. The van der Waals surface area contributed by atoms with Gasteiger partial charge in [-0.3, -0.25) is 4.79 Å². The number of rotatable bonds is 5. The number of H-pyrrole nitrogens is 1. The Bertz CT molecular complexity index is 1140. The summed E-state index contributed by atoms with van der Waals surface area (Å²) in [5, 5.41) is 5.26. The number of hydrogen-bond donors (Lipinski definition) is 2. The zero-order chi connectivity index (χ0) is 18.8. The fourth-order valence-electron chi connectivity index (χ4n) is 3.27. The fraction of sp³-hybridized carbons (Fsp3) is 0.190. The first kappa shape index (κ1) is 17.0. The number of carbonyl (C=O) groups is 1. The molecule has 4 aromatic rings. The maximum absolute atomic E-state index is 12.4. The largest absolute Gasteiger partial charge is 0.358 e. The van der Waals surface area contributed by atoms with Crippen LogP contribution >= 0.6 is 0 Å². The third kappa shape index (κ3) is 3.33. The highest BCUT2D eigenvalue weighted by atomic mass is 16.2.